The second-order valence-corrected chi connectivity index (χ2v) is 4.13. The number of amidine groups is 1. The summed E-state index contributed by atoms with van der Waals surface area (Å²) in [4.78, 5) is 8.10. The van der Waals surface area contributed by atoms with Gasteiger partial charge in [-0.15, -0.1) is 5.10 Å². The molecule has 17 heavy (non-hydrogen) atoms. The van der Waals surface area contributed by atoms with Gasteiger partial charge in [0.1, 0.15) is 6.33 Å². The van der Waals surface area contributed by atoms with Crippen LogP contribution >= 0.6 is 15.9 Å². The minimum atomic E-state index is -0.118. The number of hydrogen-bond donors (Lipinski definition) is 2. The van der Waals surface area contributed by atoms with Crippen LogP contribution in [0.15, 0.2) is 34.3 Å². The van der Waals surface area contributed by atoms with Crippen LogP contribution < -0.4 is 5.73 Å². The summed E-state index contributed by atoms with van der Waals surface area (Å²) < 4.78 is 2.47. The maximum Gasteiger partial charge on any atom is 0.219 e. The van der Waals surface area contributed by atoms with Crippen LogP contribution in [0.5, 0.6) is 0 Å². The largest absolute Gasteiger partial charge is 0.409 e. The summed E-state index contributed by atoms with van der Waals surface area (Å²) in [7, 11) is 0. The van der Waals surface area contributed by atoms with Crippen molar-refractivity contribution in [2.75, 3.05) is 0 Å². The molecule has 0 aromatic carbocycles. The van der Waals surface area contributed by atoms with Crippen LogP contribution in [0.25, 0.3) is 0 Å². The predicted molar refractivity (Wildman–Crippen MR) is 63.6 cm³/mol. The van der Waals surface area contributed by atoms with Gasteiger partial charge >= 0.3 is 0 Å². The highest BCUT2D eigenvalue weighted by Crippen LogP contribution is 2.08. The van der Waals surface area contributed by atoms with Gasteiger partial charge in [-0.3, -0.25) is 4.98 Å². The molecule has 2 aromatic rings. The van der Waals surface area contributed by atoms with Crippen LogP contribution in [0.3, 0.4) is 0 Å². The second-order valence-electron chi connectivity index (χ2n) is 3.22. The molecule has 0 amide bonds. The maximum atomic E-state index is 8.47. The second kappa shape index (κ2) is 4.91. The molecule has 0 atom stereocenters. The minimum absolute atomic E-state index is 0.118. The van der Waals surface area contributed by atoms with Gasteiger partial charge in [-0.25, -0.2) is 9.67 Å². The summed E-state index contributed by atoms with van der Waals surface area (Å²) in [5, 5.41) is 15.3. The highest BCUT2D eigenvalue weighted by atomic mass is 79.9. The lowest BCUT2D eigenvalue weighted by atomic mass is 10.3. The Morgan fingerprint density at radius 1 is 1.47 bits per heavy atom. The first kappa shape index (κ1) is 11.5. The van der Waals surface area contributed by atoms with Crippen molar-refractivity contribution >= 4 is 21.8 Å². The van der Waals surface area contributed by atoms with E-state index in [1.54, 1.807) is 10.9 Å². The lowest BCUT2D eigenvalue weighted by Crippen LogP contribution is -2.15. The fourth-order valence-electron chi connectivity index (χ4n) is 1.20. The van der Waals surface area contributed by atoms with E-state index in [-0.39, 0.29) is 11.7 Å². The molecule has 2 rings (SSSR count). The number of pyridine rings is 1. The number of hydrogen-bond acceptors (Lipinski definition) is 5. The fraction of sp³-hybridized carbons (Fsp3) is 0.111. The molecule has 0 aliphatic rings. The number of nitrogens with two attached hydrogens (primary N) is 1. The molecular formula is C9H9BrN6O. The molecule has 7 nitrogen and oxygen atoms in total. The third-order valence-electron chi connectivity index (χ3n) is 1.99. The SMILES string of the molecule is N/C(=N/O)c1ncn(Cc2ccc(Br)cn2)n1. The standard InChI is InChI=1S/C9H9BrN6O/c10-6-1-2-7(12-3-6)4-16-5-13-9(14-16)8(11)15-17/h1-3,5,17H,4H2,(H2,11,15). The van der Waals surface area contributed by atoms with Gasteiger partial charge in [-0.2, -0.15) is 0 Å². The van der Waals surface area contributed by atoms with Crippen molar-refractivity contribution in [2.45, 2.75) is 6.54 Å². The molecule has 0 saturated heterocycles. The zero-order valence-corrected chi connectivity index (χ0v) is 10.2. The molecule has 8 heteroatoms. The molecule has 2 aromatic heterocycles. The van der Waals surface area contributed by atoms with E-state index in [1.807, 2.05) is 12.1 Å². The average molecular weight is 297 g/mol. The van der Waals surface area contributed by atoms with E-state index in [1.165, 1.54) is 6.33 Å². The van der Waals surface area contributed by atoms with Gasteiger partial charge in [0.25, 0.3) is 0 Å². The van der Waals surface area contributed by atoms with E-state index >= 15 is 0 Å². The predicted octanol–water partition coefficient (Wildman–Crippen LogP) is 0.578. The summed E-state index contributed by atoms with van der Waals surface area (Å²) in [6.45, 7) is 0.471. The van der Waals surface area contributed by atoms with Crippen LogP contribution in [0.1, 0.15) is 11.5 Å². The third kappa shape index (κ3) is 2.78. The highest BCUT2D eigenvalue weighted by Gasteiger charge is 2.06. The van der Waals surface area contributed by atoms with Gasteiger partial charge in [0.2, 0.25) is 11.7 Å². The van der Waals surface area contributed by atoms with Crippen molar-refractivity contribution in [2.24, 2.45) is 10.9 Å². The Balaban J connectivity index is 2.14. The minimum Gasteiger partial charge on any atom is -0.409 e. The molecule has 0 unspecified atom stereocenters. The van der Waals surface area contributed by atoms with Crippen molar-refractivity contribution < 1.29 is 5.21 Å². The number of nitrogens with zero attached hydrogens (tertiary/aromatic N) is 5. The Labute approximate surface area is 105 Å². The molecule has 0 saturated carbocycles. The lowest BCUT2D eigenvalue weighted by Gasteiger charge is -1.99. The molecule has 0 aliphatic carbocycles. The lowest BCUT2D eigenvalue weighted by molar-refractivity contribution is 0.318. The summed E-state index contributed by atoms with van der Waals surface area (Å²) in [6, 6.07) is 3.76. The van der Waals surface area contributed by atoms with Crippen molar-refractivity contribution in [3.8, 4) is 0 Å². The van der Waals surface area contributed by atoms with Gasteiger partial charge < -0.3 is 10.9 Å². The van der Waals surface area contributed by atoms with Crippen LogP contribution in [0.2, 0.25) is 0 Å². The van der Waals surface area contributed by atoms with E-state index < -0.39 is 0 Å². The monoisotopic (exact) mass is 296 g/mol. The number of rotatable bonds is 3. The summed E-state index contributed by atoms with van der Waals surface area (Å²) >= 11 is 3.31. The smallest absolute Gasteiger partial charge is 0.219 e. The quantitative estimate of drug-likeness (QED) is 0.373. The van der Waals surface area contributed by atoms with Gasteiger partial charge in [0.15, 0.2) is 0 Å². The zero-order chi connectivity index (χ0) is 12.3. The van der Waals surface area contributed by atoms with Crippen molar-refractivity contribution in [1.29, 1.82) is 0 Å². The summed E-state index contributed by atoms with van der Waals surface area (Å²) in [5.41, 5.74) is 6.20. The maximum absolute atomic E-state index is 8.47. The first-order valence-electron chi connectivity index (χ1n) is 4.67. The Hall–Kier alpha value is -1.96. The Bertz CT molecular complexity index is 535. The Morgan fingerprint density at radius 3 is 2.94 bits per heavy atom. The summed E-state index contributed by atoms with van der Waals surface area (Å²) in [6.07, 6.45) is 3.20. The van der Waals surface area contributed by atoms with E-state index in [9.17, 15) is 0 Å². The molecule has 88 valence electrons. The van der Waals surface area contributed by atoms with Crippen LogP contribution in [-0.2, 0) is 6.54 Å². The number of aromatic nitrogens is 4. The van der Waals surface area contributed by atoms with Crippen LogP contribution in [0.4, 0.5) is 0 Å². The Morgan fingerprint density at radius 2 is 2.29 bits per heavy atom. The van der Waals surface area contributed by atoms with Gasteiger partial charge in [-0.1, -0.05) is 5.16 Å². The molecule has 0 aliphatic heterocycles. The van der Waals surface area contributed by atoms with Crippen LogP contribution in [0, 0.1) is 0 Å². The highest BCUT2D eigenvalue weighted by molar-refractivity contribution is 9.10. The van der Waals surface area contributed by atoms with Gasteiger partial charge in [-0.05, 0) is 28.1 Å². The van der Waals surface area contributed by atoms with Gasteiger partial charge in [0, 0.05) is 10.7 Å². The first-order valence-corrected chi connectivity index (χ1v) is 5.46. The molecule has 3 N–H and O–H groups in total. The van der Waals surface area contributed by atoms with Crippen LogP contribution in [-0.4, -0.2) is 30.8 Å². The topological polar surface area (TPSA) is 102 Å². The fourth-order valence-corrected chi connectivity index (χ4v) is 1.43. The molecule has 2 heterocycles. The molecular weight excluding hydrogens is 288 g/mol. The average Bonchev–Trinajstić information content (AvgIpc) is 2.80. The third-order valence-corrected chi connectivity index (χ3v) is 2.46. The molecule has 0 radical (unpaired) electrons. The van der Waals surface area contributed by atoms with E-state index in [4.69, 9.17) is 10.9 Å². The zero-order valence-electron chi connectivity index (χ0n) is 8.66. The van der Waals surface area contributed by atoms with Crippen molar-refractivity contribution in [3.63, 3.8) is 0 Å². The van der Waals surface area contributed by atoms with E-state index in [0.29, 0.717) is 6.54 Å². The first-order chi connectivity index (χ1) is 8.19. The molecule has 0 fully saturated rings. The van der Waals surface area contributed by atoms with E-state index in [0.717, 1.165) is 10.2 Å². The molecule has 0 spiro atoms. The molecule has 0 bridgehead atoms. The van der Waals surface area contributed by atoms with Crippen molar-refractivity contribution in [3.05, 3.63) is 40.6 Å². The van der Waals surface area contributed by atoms with E-state index in [2.05, 4.69) is 36.2 Å². The number of oxime groups is 1. The normalized spacial score (nSPS) is 11.7. The van der Waals surface area contributed by atoms with Gasteiger partial charge in [0.05, 0.1) is 12.2 Å². The van der Waals surface area contributed by atoms with Crippen molar-refractivity contribution in [1.82, 2.24) is 19.7 Å². The Kier molecular flexibility index (Phi) is 3.33. The summed E-state index contributed by atoms with van der Waals surface area (Å²) in [5.74, 6) is 0.0668. The number of halogens is 1.